The zero-order valence-corrected chi connectivity index (χ0v) is 7.87. The van der Waals surface area contributed by atoms with Crippen molar-refractivity contribution in [2.24, 2.45) is 0 Å². The Kier molecular flexibility index (Phi) is 2.34. The predicted molar refractivity (Wildman–Crippen MR) is 47.4 cm³/mol. The third-order valence-electron chi connectivity index (χ3n) is 2.24. The van der Waals surface area contributed by atoms with Crippen molar-refractivity contribution in [3.05, 3.63) is 29.3 Å². The molecule has 1 aromatic rings. The third kappa shape index (κ3) is 1.62. The summed E-state index contributed by atoms with van der Waals surface area (Å²) in [6.45, 7) is 0. The van der Waals surface area contributed by atoms with Crippen LogP contribution < -0.4 is 4.74 Å². The first kappa shape index (κ1) is 10.5. The van der Waals surface area contributed by atoms with E-state index in [0.29, 0.717) is 12.1 Å². The fourth-order valence-corrected chi connectivity index (χ4v) is 1.45. The molecule has 1 aromatic carbocycles. The number of hydrogen-bond acceptors (Lipinski definition) is 3. The number of ether oxygens (including phenoxy) is 1. The lowest BCUT2D eigenvalue weighted by Crippen LogP contribution is -2.34. The molecule has 1 N–H and O–H groups in total. The van der Waals surface area contributed by atoms with Gasteiger partial charge in [0.05, 0.1) is 12.0 Å². The van der Waals surface area contributed by atoms with Crippen LogP contribution in [0.5, 0.6) is 5.75 Å². The van der Waals surface area contributed by atoms with Gasteiger partial charge in [-0.1, -0.05) is 0 Å². The topological polar surface area (TPSA) is 63.6 Å². The average molecular weight is 228 g/mol. The van der Waals surface area contributed by atoms with Gasteiger partial charge < -0.3 is 9.84 Å². The van der Waals surface area contributed by atoms with Crippen molar-refractivity contribution >= 4 is 11.8 Å². The number of aliphatic carboxylic acids is 1. The molecule has 84 valence electrons. The van der Waals surface area contributed by atoms with Crippen LogP contribution in [-0.4, -0.2) is 23.0 Å². The summed E-state index contributed by atoms with van der Waals surface area (Å²) in [6, 6.07) is 1.39. The van der Waals surface area contributed by atoms with Crippen molar-refractivity contribution < 1.29 is 28.2 Å². The lowest BCUT2D eigenvalue weighted by molar-refractivity contribution is -0.145. The summed E-state index contributed by atoms with van der Waals surface area (Å²) in [6.07, 6.45) is -1.72. The van der Waals surface area contributed by atoms with Crippen LogP contribution in [0.4, 0.5) is 8.78 Å². The second-order valence-electron chi connectivity index (χ2n) is 3.33. The highest BCUT2D eigenvalue weighted by atomic mass is 19.2. The third-order valence-corrected chi connectivity index (χ3v) is 2.24. The molecule has 0 spiro atoms. The second kappa shape index (κ2) is 3.55. The van der Waals surface area contributed by atoms with Crippen molar-refractivity contribution in [1.82, 2.24) is 0 Å². The largest absolute Gasteiger partial charge is 0.478 e. The van der Waals surface area contributed by atoms with Gasteiger partial charge in [-0.3, -0.25) is 4.79 Å². The van der Waals surface area contributed by atoms with Crippen LogP contribution in [0.1, 0.15) is 16.8 Å². The quantitative estimate of drug-likeness (QED) is 0.788. The van der Waals surface area contributed by atoms with E-state index in [0.717, 1.165) is 0 Å². The molecule has 0 bridgehead atoms. The van der Waals surface area contributed by atoms with Crippen LogP contribution in [0, 0.1) is 11.6 Å². The van der Waals surface area contributed by atoms with Crippen LogP contribution in [0.2, 0.25) is 0 Å². The van der Waals surface area contributed by atoms with E-state index in [4.69, 9.17) is 9.84 Å². The average Bonchev–Trinajstić information content (AvgIpc) is 2.20. The molecule has 1 heterocycles. The Morgan fingerprint density at radius 3 is 2.62 bits per heavy atom. The van der Waals surface area contributed by atoms with E-state index in [1.165, 1.54) is 0 Å². The highest BCUT2D eigenvalue weighted by Crippen LogP contribution is 2.29. The Morgan fingerprint density at radius 2 is 2.00 bits per heavy atom. The molecule has 0 aromatic heterocycles. The number of carbonyl (C=O) groups is 2. The van der Waals surface area contributed by atoms with E-state index in [9.17, 15) is 18.4 Å². The molecular weight excluding hydrogens is 222 g/mol. The summed E-state index contributed by atoms with van der Waals surface area (Å²) < 4.78 is 30.6. The normalized spacial score (nSPS) is 18.9. The molecule has 0 amide bonds. The van der Waals surface area contributed by atoms with Gasteiger partial charge >= 0.3 is 5.97 Å². The molecule has 6 heteroatoms. The van der Waals surface area contributed by atoms with Gasteiger partial charge in [0.15, 0.2) is 17.4 Å². The summed E-state index contributed by atoms with van der Waals surface area (Å²) >= 11 is 0. The van der Waals surface area contributed by atoms with Crippen LogP contribution in [-0.2, 0) is 4.79 Å². The van der Waals surface area contributed by atoms with Crippen molar-refractivity contribution in [2.75, 3.05) is 0 Å². The molecule has 0 unspecified atom stereocenters. The van der Waals surface area contributed by atoms with Gasteiger partial charge in [-0.2, -0.15) is 0 Å². The van der Waals surface area contributed by atoms with Crippen molar-refractivity contribution in [3.8, 4) is 5.75 Å². The first-order valence-electron chi connectivity index (χ1n) is 4.40. The van der Waals surface area contributed by atoms with Gasteiger partial charge in [0, 0.05) is 6.07 Å². The summed E-state index contributed by atoms with van der Waals surface area (Å²) in [5.41, 5.74) is -0.128. The number of carboxylic acids is 1. The Bertz CT molecular complexity index is 484. The summed E-state index contributed by atoms with van der Waals surface area (Å²) in [4.78, 5) is 22.0. The number of ketones is 1. The molecule has 2 rings (SSSR count). The molecule has 1 aliphatic heterocycles. The summed E-state index contributed by atoms with van der Waals surface area (Å²) in [5, 5.41) is 8.66. The van der Waals surface area contributed by atoms with Gasteiger partial charge in [0.1, 0.15) is 5.75 Å². The maximum Gasteiger partial charge on any atom is 0.345 e. The van der Waals surface area contributed by atoms with Crippen molar-refractivity contribution in [1.29, 1.82) is 0 Å². The van der Waals surface area contributed by atoms with Gasteiger partial charge in [-0.05, 0) is 6.07 Å². The summed E-state index contributed by atoms with van der Waals surface area (Å²) in [5.74, 6) is -4.47. The Morgan fingerprint density at radius 1 is 1.38 bits per heavy atom. The zero-order valence-electron chi connectivity index (χ0n) is 7.87. The van der Waals surface area contributed by atoms with E-state index in [1.54, 1.807) is 0 Å². The predicted octanol–water partition coefficient (Wildman–Crippen LogP) is 1.38. The second-order valence-corrected chi connectivity index (χ2v) is 3.33. The van der Waals surface area contributed by atoms with Gasteiger partial charge in [0.25, 0.3) is 0 Å². The molecule has 0 saturated carbocycles. The van der Waals surface area contributed by atoms with E-state index < -0.39 is 29.5 Å². The minimum absolute atomic E-state index is 0.128. The Hall–Kier alpha value is -1.98. The van der Waals surface area contributed by atoms with E-state index in [2.05, 4.69) is 0 Å². The molecule has 16 heavy (non-hydrogen) atoms. The van der Waals surface area contributed by atoms with Crippen LogP contribution in [0.25, 0.3) is 0 Å². The lowest BCUT2D eigenvalue weighted by atomic mass is 10.0. The van der Waals surface area contributed by atoms with Gasteiger partial charge in [-0.25, -0.2) is 13.6 Å². The van der Waals surface area contributed by atoms with Crippen molar-refractivity contribution in [2.45, 2.75) is 12.5 Å². The minimum Gasteiger partial charge on any atom is -0.478 e. The number of carbonyl (C=O) groups excluding carboxylic acids is 1. The Labute approximate surface area is 88.4 Å². The Balaban J connectivity index is 2.46. The van der Waals surface area contributed by atoms with Crippen LogP contribution in [0.3, 0.4) is 0 Å². The highest BCUT2D eigenvalue weighted by molar-refractivity contribution is 6.02. The molecular formula is C10H6F2O4. The standard InChI is InChI=1S/C10H6F2O4/c11-5-1-4-7(13)3-9(10(14)15)16-8(4)2-6(5)12/h1-2,9H,3H2,(H,14,15)/t9-/m1/s1. The minimum atomic E-state index is -1.34. The smallest absolute Gasteiger partial charge is 0.345 e. The van der Waals surface area contributed by atoms with Gasteiger partial charge in [0.2, 0.25) is 6.10 Å². The van der Waals surface area contributed by atoms with E-state index in [1.807, 2.05) is 0 Å². The number of rotatable bonds is 1. The number of benzene rings is 1. The SMILES string of the molecule is O=C1C[C@H](C(=O)O)Oc2cc(F)c(F)cc21. The molecule has 0 radical (unpaired) electrons. The van der Waals surface area contributed by atoms with Crippen LogP contribution in [0.15, 0.2) is 12.1 Å². The molecule has 1 aliphatic rings. The molecule has 0 aliphatic carbocycles. The first-order valence-corrected chi connectivity index (χ1v) is 4.40. The monoisotopic (exact) mass is 228 g/mol. The summed E-state index contributed by atoms with van der Waals surface area (Å²) in [7, 11) is 0. The number of Topliss-reactive ketones (excluding diaryl/α,β-unsaturated/α-hetero) is 1. The zero-order chi connectivity index (χ0) is 11.9. The maximum absolute atomic E-state index is 12.8. The first-order chi connectivity index (χ1) is 7.49. The maximum atomic E-state index is 12.8. The lowest BCUT2D eigenvalue weighted by Gasteiger charge is -2.22. The fourth-order valence-electron chi connectivity index (χ4n) is 1.45. The molecule has 0 saturated heterocycles. The van der Waals surface area contributed by atoms with Crippen LogP contribution >= 0.6 is 0 Å². The van der Waals surface area contributed by atoms with Gasteiger partial charge in [-0.15, -0.1) is 0 Å². The fraction of sp³-hybridized carbons (Fsp3) is 0.200. The molecule has 4 nitrogen and oxygen atoms in total. The number of carboxylic acid groups (broad SMARTS) is 1. The molecule has 0 fully saturated rings. The number of fused-ring (bicyclic) bond motifs is 1. The van der Waals surface area contributed by atoms with E-state index >= 15 is 0 Å². The number of halogens is 2. The number of hydrogen-bond donors (Lipinski definition) is 1. The highest BCUT2D eigenvalue weighted by Gasteiger charge is 2.32. The molecule has 1 atom stereocenters. The van der Waals surface area contributed by atoms with E-state index in [-0.39, 0.29) is 17.7 Å². The van der Waals surface area contributed by atoms with Crippen molar-refractivity contribution in [3.63, 3.8) is 0 Å².